The molecule has 2 amide bonds. The van der Waals surface area contributed by atoms with Gasteiger partial charge in [-0.3, -0.25) is 14.6 Å². The van der Waals surface area contributed by atoms with Crippen molar-refractivity contribution in [2.24, 2.45) is 0 Å². The SMILES string of the molecule is C.CN1C(=O)[C@@H](NC(=O)c2cc(Cc3ccccc3)on2)CSc2ccc3ncccc3c21. The molecule has 0 fully saturated rings. The van der Waals surface area contributed by atoms with Crippen molar-refractivity contribution in [3.05, 3.63) is 83.9 Å². The highest BCUT2D eigenvalue weighted by Crippen LogP contribution is 2.38. The molecule has 0 spiro atoms. The van der Waals surface area contributed by atoms with E-state index < -0.39 is 11.9 Å². The molecule has 0 saturated heterocycles. The molecule has 1 atom stereocenters. The Morgan fingerprint density at radius 3 is 2.82 bits per heavy atom. The average Bonchev–Trinajstić information content (AvgIpc) is 3.25. The van der Waals surface area contributed by atoms with Gasteiger partial charge in [-0.25, -0.2) is 0 Å². The van der Waals surface area contributed by atoms with Crippen LogP contribution in [0.4, 0.5) is 5.69 Å². The number of benzene rings is 2. The van der Waals surface area contributed by atoms with E-state index in [1.807, 2.05) is 54.6 Å². The molecule has 0 unspecified atom stereocenters. The van der Waals surface area contributed by atoms with Crippen molar-refractivity contribution < 1.29 is 14.1 Å². The third-order valence-electron chi connectivity index (χ3n) is 5.41. The number of carbonyl (C=O) groups is 2. The second-order valence-corrected chi connectivity index (χ2v) is 8.62. The Bertz CT molecular complexity index is 1310. The molecule has 8 heteroatoms. The Morgan fingerprint density at radius 2 is 2.00 bits per heavy atom. The first kappa shape index (κ1) is 22.5. The molecule has 3 heterocycles. The van der Waals surface area contributed by atoms with Crippen LogP contribution < -0.4 is 10.2 Å². The monoisotopic (exact) mass is 460 g/mol. The maximum atomic E-state index is 13.2. The van der Waals surface area contributed by atoms with E-state index in [1.165, 1.54) is 11.8 Å². The van der Waals surface area contributed by atoms with Crippen LogP contribution in [0, 0.1) is 0 Å². The minimum absolute atomic E-state index is 0. The molecule has 0 bridgehead atoms. The van der Waals surface area contributed by atoms with Crippen LogP contribution in [0.15, 0.2) is 76.3 Å². The predicted molar refractivity (Wildman–Crippen MR) is 130 cm³/mol. The van der Waals surface area contributed by atoms with Crippen molar-refractivity contribution in [2.45, 2.75) is 24.8 Å². The number of likely N-dealkylation sites (N-methyl/N-ethyl adjacent to an activating group) is 1. The summed E-state index contributed by atoms with van der Waals surface area (Å²) in [5.74, 6) is 0.390. The van der Waals surface area contributed by atoms with Gasteiger partial charge in [-0.1, -0.05) is 42.9 Å². The maximum absolute atomic E-state index is 13.2. The molecule has 168 valence electrons. The van der Waals surface area contributed by atoms with Crippen molar-refractivity contribution in [3.63, 3.8) is 0 Å². The molecule has 2 aromatic heterocycles. The maximum Gasteiger partial charge on any atom is 0.274 e. The number of hydrogen-bond acceptors (Lipinski definition) is 6. The lowest BCUT2D eigenvalue weighted by molar-refractivity contribution is -0.119. The molecule has 4 aromatic rings. The lowest BCUT2D eigenvalue weighted by Gasteiger charge is -2.22. The fourth-order valence-corrected chi connectivity index (χ4v) is 4.92. The largest absolute Gasteiger partial charge is 0.360 e. The number of aromatic nitrogens is 2. The molecule has 0 saturated carbocycles. The van der Waals surface area contributed by atoms with E-state index in [9.17, 15) is 9.59 Å². The zero-order valence-corrected chi connectivity index (χ0v) is 18.1. The highest BCUT2D eigenvalue weighted by Gasteiger charge is 2.31. The van der Waals surface area contributed by atoms with Crippen molar-refractivity contribution in [2.75, 3.05) is 17.7 Å². The lowest BCUT2D eigenvalue weighted by atomic mass is 10.1. The number of thioether (sulfide) groups is 1. The lowest BCUT2D eigenvalue weighted by Crippen LogP contribution is -2.48. The van der Waals surface area contributed by atoms with E-state index in [-0.39, 0.29) is 19.0 Å². The van der Waals surface area contributed by atoms with Gasteiger partial charge in [0.25, 0.3) is 5.91 Å². The second kappa shape index (κ2) is 9.46. The van der Waals surface area contributed by atoms with Crippen LogP contribution in [0.3, 0.4) is 0 Å². The van der Waals surface area contributed by atoms with Crippen LogP contribution in [0.1, 0.15) is 29.2 Å². The summed E-state index contributed by atoms with van der Waals surface area (Å²) in [7, 11) is 1.73. The van der Waals surface area contributed by atoms with Gasteiger partial charge in [0.15, 0.2) is 5.69 Å². The number of rotatable bonds is 4. The van der Waals surface area contributed by atoms with Crippen LogP contribution in [0.25, 0.3) is 10.9 Å². The smallest absolute Gasteiger partial charge is 0.274 e. The number of fused-ring (bicyclic) bond motifs is 3. The summed E-state index contributed by atoms with van der Waals surface area (Å²) in [5, 5.41) is 7.63. The Hall–Kier alpha value is -3.65. The van der Waals surface area contributed by atoms with E-state index in [2.05, 4.69) is 15.5 Å². The van der Waals surface area contributed by atoms with Gasteiger partial charge in [-0.2, -0.15) is 0 Å². The number of nitrogens with zero attached hydrogens (tertiary/aromatic N) is 3. The van der Waals surface area contributed by atoms with Crippen LogP contribution in [-0.4, -0.2) is 40.8 Å². The standard InChI is InChI=1S/C24H20N4O3S.CH4/c1-28-22-17-8-5-11-25-18(17)9-10-21(22)32-14-20(24(28)30)26-23(29)19-13-16(31-27-19)12-15-6-3-2-4-7-15;/h2-11,13,20H,12,14H2,1H3,(H,26,29);1H4/t20-;/m0./s1. The second-order valence-electron chi connectivity index (χ2n) is 7.56. The van der Waals surface area contributed by atoms with Crippen molar-refractivity contribution in [1.82, 2.24) is 15.5 Å². The summed E-state index contributed by atoms with van der Waals surface area (Å²) in [6, 6.07) is 18.5. The highest BCUT2D eigenvalue weighted by atomic mass is 32.2. The third kappa shape index (κ3) is 4.47. The summed E-state index contributed by atoms with van der Waals surface area (Å²) in [6.45, 7) is 0. The number of pyridine rings is 1. The first-order valence-corrected chi connectivity index (χ1v) is 11.2. The summed E-state index contributed by atoms with van der Waals surface area (Å²) in [5.41, 5.74) is 2.86. The summed E-state index contributed by atoms with van der Waals surface area (Å²) >= 11 is 1.54. The number of anilines is 1. The molecular formula is C25H24N4O3S. The van der Waals surface area contributed by atoms with Gasteiger partial charge in [0.2, 0.25) is 5.91 Å². The fraction of sp³-hybridized carbons (Fsp3) is 0.200. The molecule has 2 aromatic carbocycles. The van der Waals surface area contributed by atoms with Gasteiger partial charge in [0, 0.05) is 41.8 Å². The van der Waals surface area contributed by atoms with E-state index in [0.29, 0.717) is 17.9 Å². The Kier molecular flexibility index (Phi) is 6.46. The molecule has 5 rings (SSSR count). The molecule has 0 aliphatic carbocycles. The average molecular weight is 461 g/mol. The summed E-state index contributed by atoms with van der Waals surface area (Å²) in [4.78, 5) is 33.0. The summed E-state index contributed by atoms with van der Waals surface area (Å²) < 4.78 is 5.33. The number of carbonyl (C=O) groups excluding carboxylic acids is 2. The van der Waals surface area contributed by atoms with E-state index in [1.54, 1.807) is 24.2 Å². The molecule has 1 aliphatic heterocycles. The van der Waals surface area contributed by atoms with E-state index in [4.69, 9.17) is 4.52 Å². The van der Waals surface area contributed by atoms with E-state index >= 15 is 0 Å². The van der Waals surface area contributed by atoms with Crippen molar-refractivity contribution in [1.29, 1.82) is 0 Å². The van der Waals surface area contributed by atoms with Gasteiger partial charge < -0.3 is 14.7 Å². The molecule has 33 heavy (non-hydrogen) atoms. The zero-order valence-electron chi connectivity index (χ0n) is 17.3. The number of nitrogens with one attached hydrogen (secondary N) is 1. The normalized spacial score (nSPS) is 15.5. The van der Waals surface area contributed by atoms with Crippen LogP contribution in [0.5, 0.6) is 0 Å². The zero-order chi connectivity index (χ0) is 22.1. The van der Waals surface area contributed by atoms with Crippen molar-refractivity contribution in [3.8, 4) is 0 Å². The first-order chi connectivity index (χ1) is 15.6. The first-order valence-electron chi connectivity index (χ1n) is 10.2. The van der Waals surface area contributed by atoms with Gasteiger partial charge in [-0.15, -0.1) is 11.8 Å². The third-order valence-corrected chi connectivity index (χ3v) is 6.55. The molecular weight excluding hydrogens is 436 g/mol. The Morgan fingerprint density at radius 1 is 1.18 bits per heavy atom. The quantitative estimate of drug-likeness (QED) is 0.488. The highest BCUT2D eigenvalue weighted by molar-refractivity contribution is 7.99. The summed E-state index contributed by atoms with van der Waals surface area (Å²) in [6.07, 6.45) is 2.27. The van der Waals surface area contributed by atoms with Gasteiger partial charge in [-0.05, 0) is 29.8 Å². The van der Waals surface area contributed by atoms with Gasteiger partial charge >= 0.3 is 0 Å². The van der Waals surface area contributed by atoms with Crippen LogP contribution in [0.2, 0.25) is 0 Å². The van der Waals surface area contributed by atoms with Crippen LogP contribution in [-0.2, 0) is 11.2 Å². The van der Waals surface area contributed by atoms with Gasteiger partial charge in [0.05, 0.1) is 11.2 Å². The van der Waals surface area contributed by atoms with Gasteiger partial charge in [0.1, 0.15) is 11.8 Å². The van der Waals surface area contributed by atoms with Crippen molar-refractivity contribution >= 4 is 40.2 Å². The fourth-order valence-electron chi connectivity index (χ4n) is 3.80. The number of amides is 2. The topological polar surface area (TPSA) is 88.3 Å². The predicted octanol–water partition coefficient (Wildman–Crippen LogP) is 4.32. The van der Waals surface area contributed by atoms with Crippen LogP contribution >= 0.6 is 11.8 Å². The molecule has 7 nitrogen and oxygen atoms in total. The Labute approximate surface area is 196 Å². The molecule has 0 radical (unpaired) electrons. The molecule has 1 aliphatic rings. The Balaban J connectivity index is 0.00000259. The minimum atomic E-state index is -0.689. The minimum Gasteiger partial charge on any atom is -0.360 e. The number of hydrogen-bond donors (Lipinski definition) is 1. The molecule has 1 N–H and O–H groups in total. The van der Waals surface area contributed by atoms with E-state index in [0.717, 1.165) is 27.0 Å².